The fourth-order valence-electron chi connectivity index (χ4n) is 2.63. The van der Waals surface area contributed by atoms with Crippen LogP contribution in [0.25, 0.3) is 0 Å². The number of hydrogen-bond donors (Lipinski definition) is 1. The summed E-state index contributed by atoms with van der Waals surface area (Å²) in [6.45, 7) is 4.88. The lowest BCUT2D eigenvalue weighted by atomic mass is 9.99. The molecule has 2 saturated heterocycles. The maximum Gasteiger partial charge on any atom is 0.282 e. The van der Waals surface area contributed by atoms with E-state index in [1.54, 1.807) is 0 Å². The van der Waals surface area contributed by atoms with Crippen LogP contribution >= 0.6 is 0 Å². The molecule has 20 heavy (non-hydrogen) atoms. The molecule has 1 amide bonds. The highest BCUT2D eigenvalue weighted by Crippen LogP contribution is 2.21. The maximum atomic E-state index is 12.5. The molecule has 0 aliphatic carbocycles. The molecule has 0 spiro atoms. The molecule has 1 atom stereocenters. The van der Waals surface area contributed by atoms with Crippen LogP contribution in [-0.4, -0.2) is 68.9 Å². The Hall–Kier alpha value is -0.700. The van der Waals surface area contributed by atoms with Crippen LogP contribution in [0, 0.1) is 5.92 Å². The van der Waals surface area contributed by atoms with Crippen LogP contribution < -0.4 is 5.32 Å². The van der Waals surface area contributed by atoms with Gasteiger partial charge in [0.1, 0.15) is 0 Å². The van der Waals surface area contributed by atoms with Gasteiger partial charge in [-0.3, -0.25) is 4.79 Å². The Morgan fingerprint density at radius 3 is 2.60 bits per heavy atom. The van der Waals surface area contributed by atoms with Crippen LogP contribution in [0.15, 0.2) is 0 Å². The Balaban J connectivity index is 2.01. The Kier molecular flexibility index (Phi) is 5.36. The Bertz CT molecular complexity index is 434. The fourth-order valence-corrected chi connectivity index (χ4v) is 4.29. The number of ether oxygens (including phenoxy) is 1. The van der Waals surface area contributed by atoms with Crippen molar-refractivity contribution in [2.24, 2.45) is 5.92 Å². The van der Waals surface area contributed by atoms with E-state index in [0.29, 0.717) is 39.4 Å². The lowest BCUT2D eigenvalue weighted by Crippen LogP contribution is -2.52. The van der Waals surface area contributed by atoms with Crippen molar-refractivity contribution in [3.63, 3.8) is 0 Å². The van der Waals surface area contributed by atoms with Gasteiger partial charge in [-0.15, -0.1) is 0 Å². The SMILES string of the molecule is CCNC(=O)C1CCCN(S(=O)(=O)N2CCOCC2)C1. The van der Waals surface area contributed by atoms with Crippen molar-refractivity contribution in [2.75, 3.05) is 45.9 Å². The summed E-state index contributed by atoms with van der Waals surface area (Å²) in [7, 11) is -3.46. The molecule has 0 saturated carbocycles. The van der Waals surface area contributed by atoms with Crippen molar-refractivity contribution >= 4 is 16.1 Å². The molecule has 1 N–H and O–H groups in total. The van der Waals surface area contributed by atoms with Crippen molar-refractivity contribution in [2.45, 2.75) is 19.8 Å². The number of nitrogens with one attached hydrogen (secondary N) is 1. The zero-order valence-electron chi connectivity index (χ0n) is 11.9. The molecule has 0 aromatic heterocycles. The molecule has 2 heterocycles. The van der Waals surface area contributed by atoms with E-state index >= 15 is 0 Å². The normalized spacial score (nSPS) is 26.4. The third-order valence-electron chi connectivity index (χ3n) is 3.73. The first-order valence-electron chi connectivity index (χ1n) is 7.16. The van der Waals surface area contributed by atoms with Gasteiger partial charge in [0, 0.05) is 32.7 Å². The lowest BCUT2D eigenvalue weighted by Gasteiger charge is -2.36. The first-order chi connectivity index (χ1) is 9.55. The molecule has 2 aliphatic rings. The molecule has 7 nitrogen and oxygen atoms in total. The summed E-state index contributed by atoms with van der Waals surface area (Å²) < 4.78 is 33.1. The van der Waals surface area contributed by atoms with E-state index in [0.717, 1.165) is 12.8 Å². The van der Waals surface area contributed by atoms with E-state index in [9.17, 15) is 13.2 Å². The second-order valence-electron chi connectivity index (χ2n) is 5.11. The third kappa shape index (κ3) is 3.49. The zero-order chi connectivity index (χ0) is 14.6. The average molecular weight is 305 g/mol. The monoisotopic (exact) mass is 305 g/mol. The summed E-state index contributed by atoms with van der Waals surface area (Å²) in [6, 6.07) is 0. The predicted octanol–water partition coefficient (Wildman–Crippen LogP) is -0.588. The summed E-state index contributed by atoms with van der Waals surface area (Å²) in [4.78, 5) is 11.9. The van der Waals surface area contributed by atoms with E-state index < -0.39 is 10.2 Å². The quantitative estimate of drug-likeness (QED) is 0.753. The number of rotatable bonds is 4. The predicted molar refractivity (Wildman–Crippen MR) is 74.3 cm³/mol. The van der Waals surface area contributed by atoms with Crippen molar-refractivity contribution in [3.05, 3.63) is 0 Å². The summed E-state index contributed by atoms with van der Waals surface area (Å²) in [5, 5.41) is 2.77. The highest BCUT2D eigenvalue weighted by molar-refractivity contribution is 7.86. The largest absolute Gasteiger partial charge is 0.379 e. The molecule has 116 valence electrons. The van der Waals surface area contributed by atoms with Gasteiger partial charge >= 0.3 is 0 Å². The van der Waals surface area contributed by atoms with Crippen molar-refractivity contribution < 1.29 is 17.9 Å². The van der Waals surface area contributed by atoms with Gasteiger partial charge in [-0.2, -0.15) is 17.0 Å². The molecular formula is C12H23N3O4S. The number of carbonyl (C=O) groups excluding carboxylic acids is 1. The van der Waals surface area contributed by atoms with Gasteiger partial charge in [0.25, 0.3) is 10.2 Å². The number of piperidine rings is 1. The maximum absolute atomic E-state index is 12.5. The van der Waals surface area contributed by atoms with E-state index in [2.05, 4.69) is 5.32 Å². The average Bonchev–Trinajstić information content (AvgIpc) is 2.48. The molecule has 0 aromatic rings. The van der Waals surface area contributed by atoms with E-state index in [1.165, 1.54) is 8.61 Å². The molecule has 2 rings (SSSR count). The second-order valence-corrected chi connectivity index (χ2v) is 7.04. The molecular weight excluding hydrogens is 282 g/mol. The molecule has 8 heteroatoms. The molecule has 2 fully saturated rings. The highest BCUT2D eigenvalue weighted by atomic mass is 32.2. The zero-order valence-corrected chi connectivity index (χ0v) is 12.7. The van der Waals surface area contributed by atoms with Gasteiger partial charge < -0.3 is 10.1 Å². The van der Waals surface area contributed by atoms with Crippen molar-refractivity contribution in [1.82, 2.24) is 13.9 Å². The van der Waals surface area contributed by atoms with Gasteiger partial charge in [-0.05, 0) is 19.8 Å². The smallest absolute Gasteiger partial charge is 0.282 e. The molecule has 0 radical (unpaired) electrons. The van der Waals surface area contributed by atoms with Crippen molar-refractivity contribution in [1.29, 1.82) is 0 Å². The van der Waals surface area contributed by atoms with Crippen molar-refractivity contribution in [3.8, 4) is 0 Å². The Morgan fingerprint density at radius 2 is 1.95 bits per heavy atom. The van der Waals surface area contributed by atoms with Crippen LogP contribution in [0.4, 0.5) is 0 Å². The number of hydrogen-bond acceptors (Lipinski definition) is 4. The topological polar surface area (TPSA) is 79.0 Å². The first-order valence-corrected chi connectivity index (χ1v) is 8.56. The Morgan fingerprint density at radius 1 is 1.25 bits per heavy atom. The van der Waals surface area contributed by atoms with Gasteiger partial charge in [0.05, 0.1) is 19.1 Å². The number of nitrogens with zero attached hydrogens (tertiary/aromatic N) is 2. The van der Waals surface area contributed by atoms with Gasteiger partial charge in [-0.25, -0.2) is 0 Å². The second kappa shape index (κ2) is 6.84. The van der Waals surface area contributed by atoms with E-state index in [-0.39, 0.29) is 18.4 Å². The summed E-state index contributed by atoms with van der Waals surface area (Å²) in [5.74, 6) is -0.283. The number of morpholine rings is 1. The van der Waals surface area contributed by atoms with Crippen LogP contribution in [0.5, 0.6) is 0 Å². The van der Waals surface area contributed by atoms with Gasteiger partial charge in [0.2, 0.25) is 5.91 Å². The highest BCUT2D eigenvalue weighted by Gasteiger charge is 2.36. The third-order valence-corrected chi connectivity index (χ3v) is 5.73. The van der Waals surface area contributed by atoms with Crippen LogP contribution in [0.2, 0.25) is 0 Å². The fraction of sp³-hybridized carbons (Fsp3) is 0.917. The molecule has 0 bridgehead atoms. The molecule has 2 aliphatic heterocycles. The first kappa shape index (κ1) is 15.7. The minimum absolute atomic E-state index is 0.0469. The summed E-state index contributed by atoms with van der Waals surface area (Å²) in [5.41, 5.74) is 0. The van der Waals surface area contributed by atoms with E-state index in [4.69, 9.17) is 4.74 Å². The minimum atomic E-state index is -3.46. The standard InChI is InChI=1S/C12H23N3O4S/c1-2-13-12(16)11-4-3-5-15(10-11)20(17,18)14-6-8-19-9-7-14/h11H,2-10H2,1H3,(H,13,16). The van der Waals surface area contributed by atoms with E-state index in [1.807, 2.05) is 6.92 Å². The lowest BCUT2D eigenvalue weighted by molar-refractivity contribution is -0.125. The molecule has 0 aromatic carbocycles. The summed E-state index contributed by atoms with van der Waals surface area (Å²) in [6.07, 6.45) is 1.48. The Labute approximate surface area is 120 Å². The van der Waals surface area contributed by atoms with Crippen LogP contribution in [-0.2, 0) is 19.7 Å². The van der Waals surface area contributed by atoms with Gasteiger partial charge in [0.15, 0.2) is 0 Å². The minimum Gasteiger partial charge on any atom is -0.379 e. The molecule has 1 unspecified atom stereocenters. The number of carbonyl (C=O) groups is 1. The van der Waals surface area contributed by atoms with Gasteiger partial charge in [-0.1, -0.05) is 0 Å². The van der Waals surface area contributed by atoms with Crippen LogP contribution in [0.1, 0.15) is 19.8 Å². The summed E-state index contributed by atoms with van der Waals surface area (Å²) >= 11 is 0. The number of amides is 1. The van der Waals surface area contributed by atoms with Crippen LogP contribution in [0.3, 0.4) is 0 Å².